The molecule has 1 aliphatic rings. The monoisotopic (exact) mass is 418 g/mol. The molecule has 4 rings (SSSR count). The van der Waals surface area contributed by atoms with Crippen LogP contribution in [0.5, 0.6) is 0 Å². The van der Waals surface area contributed by atoms with Gasteiger partial charge in [0.05, 0.1) is 21.8 Å². The van der Waals surface area contributed by atoms with Gasteiger partial charge in [-0.15, -0.1) is 11.3 Å². The standard InChI is InChI=1S/C20H20ClFN4OS/c21-15-11-24-26-7-3-6-17-14(19(15)26)9-18(28-17)20(27)25-13(10-23)8-12-4-1-2-5-16(12)22/h1-2,4-5,9,11,13H,3,6-8,10,23H2,(H,25,27). The molecule has 0 fully saturated rings. The molecule has 0 saturated carbocycles. The van der Waals surface area contributed by atoms with Crippen molar-refractivity contribution in [1.82, 2.24) is 15.1 Å². The van der Waals surface area contributed by atoms with Crippen LogP contribution in [-0.4, -0.2) is 28.3 Å². The zero-order valence-electron chi connectivity index (χ0n) is 15.1. The zero-order valence-corrected chi connectivity index (χ0v) is 16.7. The summed E-state index contributed by atoms with van der Waals surface area (Å²) in [6.45, 7) is 1.03. The number of nitrogens with one attached hydrogen (secondary N) is 1. The first-order chi connectivity index (χ1) is 13.6. The smallest absolute Gasteiger partial charge is 0.261 e. The number of hydrogen-bond acceptors (Lipinski definition) is 4. The number of aromatic nitrogens is 2. The summed E-state index contributed by atoms with van der Waals surface area (Å²) in [5.41, 5.74) is 8.19. The molecule has 1 aliphatic heterocycles. The van der Waals surface area contributed by atoms with Crippen LogP contribution < -0.4 is 11.1 Å². The zero-order chi connectivity index (χ0) is 19.7. The SMILES string of the molecule is NCC(Cc1ccccc1F)NC(=O)c1cc2c(s1)CCCn1ncc(Cl)c1-2. The molecule has 146 valence electrons. The molecule has 3 N–H and O–H groups in total. The lowest BCUT2D eigenvalue weighted by Gasteiger charge is -2.16. The summed E-state index contributed by atoms with van der Waals surface area (Å²) in [5.74, 6) is -0.493. The van der Waals surface area contributed by atoms with E-state index < -0.39 is 0 Å². The van der Waals surface area contributed by atoms with E-state index in [0.717, 1.165) is 35.5 Å². The van der Waals surface area contributed by atoms with Crippen molar-refractivity contribution in [3.05, 3.63) is 62.7 Å². The van der Waals surface area contributed by atoms with E-state index >= 15 is 0 Å². The Morgan fingerprint density at radius 2 is 2.25 bits per heavy atom. The minimum atomic E-state index is -0.347. The lowest BCUT2D eigenvalue weighted by molar-refractivity contribution is 0.0942. The van der Waals surface area contributed by atoms with Gasteiger partial charge in [0, 0.05) is 29.6 Å². The molecule has 1 aromatic carbocycles. The highest BCUT2D eigenvalue weighted by Crippen LogP contribution is 2.38. The largest absolute Gasteiger partial charge is 0.347 e. The summed E-state index contributed by atoms with van der Waals surface area (Å²) in [4.78, 5) is 14.6. The van der Waals surface area contributed by atoms with Crippen LogP contribution in [0.2, 0.25) is 5.02 Å². The van der Waals surface area contributed by atoms with E-state index in [4.69, 9.17) is 17.3 Å². The van der Waals surface area contributed by atoms with Gasteiger partial charge in [0.25, 0.3) is 5.91 Å². The van der Waals surface area contributed by atoms with Crippen LogP contribution in [-0.2, 0) is 19.4 Å². The van der Waals surface area contributed by atoms with E-state index in [0.29, 0.717) is 21.9 Å². The number of nitrogens with two attached hydrogens (primary N) is 1. The number of amides is 1. The molecule has 0 aliphatic carbocycles. The first-order valence-corrected chi connectivity index (χ1v) is 10.3. The fourth-order valence-electron chi connectivity index (χ4n) is 3.50. The lowest BCUT2D eigenvalue weighted by atomic mass is 10.1. The number of benzene rings is 1. The van der Waals surface area contributed by atoms with Crippen molar-refractivity contribution in [2.75, 3.05) is 6.54 Å². The van der Waals surface area contributed by atoms with Crippen molar-refractivity contribution in [2.24, 2.45) is 5.73 Å². The Morgan fingerprint density at radius 3 is 3.04 bits per heavy atom. The molecule has 3 heterocycles. The predicted molar refractivity (Wildman–Crippen MR) is 109 cm³/mol. The van der Waals surface area contributed by atoms with Crippen LogP contribution in [0.3, 0.4) is 0 Å². The van der Waals surface area contributed by atoms with Crippen molar-refractivity contribution in [3.63, 3.8) is 0 Å². The van der Waals surface area contributed by atoms with Gasteiger partial charge >= 0.3 is 0 Å². The quantitative estimate of drug-likeness (QED) is 0.664. The maximum Gasteiger partial charge on any atom is 0.261 e. The summed E-state index contributed by atoms with van der Waals surface area (Å²) in [6.07, 6.45) is 3.81. The summed E-state index contributed by atoms with van der Waals surface area (Å²) >= 11 is 7.80. The number of rotatable bonds is 5. The summed E-state index contributed by atoms with van der Waals surface area (Å²) < 4.78 is 15.8. The van der Waals surface area contributed by atoms with Crippen LogP contribution in [0.1, 0.15) is 26.5 Å². The molecule has 1 atom stereocenters. The first-order valence-electron chi connectivity index (χ1n) is 9.15. The summed E-state index contributed by atoms with van der Waals surface area (Å²) in [5, 5.41) is 7.85. The van der Waals surface area contributed by atoms with Crippen molar-refractivity contribution in [3.8, 4) is 11.3 Å². The van der Waals surface area contributed by atoms with Crippen LogP contribution in [0.15, 0.2) is 36.5 Å². The van der Waals surface area contributed by atoms with E-state index in [1.54, 1.807) is 24.4 Å². The highest BCUT2D eigenvalue weighted by Gasteiger charge is 2.24. The number of nitrogens with zero attached hydrogens (tertiary/aromatic N) is 2. The maximum atomic E-state index is 13.9. The van der Waals surface area contributed by atoms with Gasteiger partial charge < -0.3 is 11.1 Å². The van der Waals surface area contributed by atoms with E-state index in [2.05, 4.69) is 10.4 Å². The van der Waals surface area contributed by atoms with Gasteiger partial charge in [0.2, 0.25) is 0 Å². The minimum absolute atomic E-state index is 0.202. The highest BCUT2D eigenvalue weighted by molar-refractivity contribution is 7.14. The molecule has 8 heteroatoms. The molecule has 0 radical (unpaired) electrons. The van der Waals surface area contributed by atoms with E-state index in [-0.39, 0.29) is 24.3 Å². The Hall–Kier alpha value is -2.22. The molecule has 28 heavy (non-hydrogen) atoms. The average molecular weight is 419 g/mol. The molecular formula is C20H20ClFN4OS. The van der Waals surface area contributed by atoms with Gasteiger partial charge in [-0.2, -0.15) is 5.10 Å². The second kappa shape index (κ2) is 8.03. The van der Waals surface area contributed by atoms with Gasteiger partial charge in [0.15, 0.2) is 0 Å². The Labute approximate surface area is 171 Å². The maximum absolute atomic E-state index is 13.9. The minimum Gasteiger partial charge on any atom is -0.347 e. The van der Waals surface area contributed by atoms with Crippen LogP contribution in [0.4, 0.5) is 4.39 Å². The first kappa shape index (κ1) is 19.1. The normalized spacial score (nSPS) is 14.1. The Kier molecular flexibility index (Phi) is 5.48. The van der Waals surface area contributed by atoms with E-state index in [1.807, 2.05) is 10.7 Å². The number of aryl methyl sites for hydroxylation is 2. The second-order valence-electron chi connectivity index (χ2n) is 6.82. The second-order valence-corrected chi connectivity index (χ2v) is 8.36. The van der Waals surface area contributed by atoms with Crippen molar-refractivity contribution in [2.45, 2.75) is 31.8 Å². The topological polar surface area (TPSA) is 72.9 Å². The molecule has 2 aromatic heterocycles. The fraction of sp³-hybridized carbons (Fsp3) is 0.300. The third-order valence-electron chi connectivity index (χ3n) is 4.90. The third kappa shape index (κ3) is 3.70. The number of thiophene rings is 1. The summed E-state index contributed by atoms with van der Waals surface area (Å²) in [7, 11) is 0. The molecule has 1 amide bonds. The highest BCUT2D eigenvalue weighted by atomic mass is 35.5. The van der Waals surface area contributed by atoms with Gasteiger partial charge in [-0.05, 0) is 37.0 Å². The molecule has 0 saturated heterocycles. The number of fused-ring (bicyclic) bond motifs is 3. The predicted octanol–water partition coefficient (Wildman–Crippen LogP) is 3.65. The molecule has 5 nitrogen and oxygen atoms in total. The van der Waals surface area contributed by atoms with Crippen LogP contribution in [0, 0.1) is 5.82 Å². The molecule has 3 aromatic rings. The Balaban J connectivity index is 1.55. The van der Waals surface area contributed by atoms with Crippen LogP contribution >= 0.6 is 22.9 Å². The van der Waals surface area contributed by atoms with E-state index in [1.165, 1.54) is 17.4 Å². The number of carbonyl (C=O) groups is 1. The summed E-state index contributed by atoms with van der Waals surface area (Å²) in [6, 6.07) is 8.06. The lowest BCUT2D eigenvalue weighted by Crippen LogP contribution is -2.41. The number of halogens is 2. The van der Waals surface area contributed by atoms with Gasteiger partial charge in [-0.25, -0.2) is 4.39 Å². The molecular weight excluding hydrogens is 399 g/mol. The fourth-order valence-corrected chi connectivity index (χ4v) is 4.84. The molecule has 0 spiro atoms. The number of hydrogen-bond donors (Lipinski definition) is 2. The number of carbonyl (C=O) groups excluding carboxylic acids is 1. The molecule has 1 unspecified atom stereocenters. The van der Waals surface area contributed by atoms with Gasteiger partial charge in [-0.3, -0.25) is 9.48 Å². The van der Waals surface area contributed by atoms with Crippen molar-refractivity contribution >= 4 is 28.8 Å². The Morgan fingerprint density at radius 1 is 1.43 bits per heavy atom. The average Bonchev–Trinajstić information content (AvgIpc) is 3.22. The third-order valence-corrected chi connectivity index (χ3v) is 6.37. The van der Waals surface area contributed by atoms with Crippen molar-refractivity contribution < 1.29 is 9.18 Å². The van der Waals surface area contributed by atoms with E-state index in [9.17, 15) is 9.18 Å². The van der Waals surface area contributed by atoms with Gasteiger partial charge in [0.1, 0.15) is 5.82 Å². The van der Waals surface area contributed by atoms with Crippen LogP contribution in [0.25, 0.3) is 11.3 Å². The van der Waals surface area contributed by atoms with Crippen molar-refractivity contribution in [1.29, 1.82) is 0 Å². The molecule has 0 bridgehead atoms. The van der Waals surface area contributed by atoms with Gasteiger partial charge in [-0.1, -0.05) is 29.8 Å². The Bertz CT molecular complexity index is 1020.